The molecule has 1 rings (SSSR count). The summed E-state index contributed by atoms with van der Waals surface area (Å²) in [6.45, 7) is 4.03. The topological polar surface area (TPSA) is 46.6 Å². The molecule has 0 radical (unpaired) electrons. The average Bonchev–Trinajstić information content (AvgIpc) is 2.39. The van der Waals surface area contributed by atoms with E-state index in [9.17, 15) is 9.59 Å². The van der Waals surface area contributed by atoms with Gasteiger partial charge in [-0.3, -0.25) is 4.79 Å². The van der Waals surface area contributed by atoms with Crippen molar-refractivity contribution in [2.75, 3.05) is 13.3 Å². The maximum absolute atomic E-state index is 11.4. The van der Waals surface area contributed by atoms with Crippen LogP contribution in [-0.2, 0) is 14.3 Å². The summed E-state index contributed by atoms with van der Waals surface area (Å²) in [7, 11) is 0. The third-order valence-corrected chi connectivity index (χ3v) is 2.20. The molecule has 4 heteroatoms. The summed E-state index contributed by atoms with van der Waals surface area (Å²) in [6, 6.07) is 0. The van der Waals surface area contributed by atoms with Crippen LogP contribution in [0.2, 0.25) is 0 Å². The monoisotopic (exact) mass is 197 g/mol. The number of esters is 1. The van der Waals surface area contributed by atoms with Crippen molar-refractivity contribution >= 4 is 11.9 Å². The van der Waals surface area contributed by atoms with E-state index in [1.807, 2.05) is 0 Å². The fourth-order valence-electron chi connectivity index (χ4n) is 1.38. The molecular formula is C10H15NO3. The summed E-state index contributed by atoms with van der Waals surface area (Å²) in [5.41, 5.74) is 0. The van der Waals surface area contributed by atoms with Crippen molar-refractivity contribution in [3.8, 4) is 0 Å². The van der Waals surface area contributed by atoms with Crippen LogP contribution in [0, 0.1) is 0 Å². The van der Waals surface area contributed by atoms with E-state index in [0.29, 0.717) is 13.0 Å². The minimum Gasteiger partial charge on any atom is -0.441 e. The van der Waals surface area contributed by atoms with E-state index in [2.05, 4.69) is 6.58 Å². The SMILES string of the molecule is C=CC(=O)OCN1CCCCCC1=O. The van der Waals surface area contributed by atoms with Crippen LogP contribution < -0.4 is 0 Å². The Hall–Kier alpha value is -1.32. The number of ether oxygens (including phenoxy) is 1. The van der Waals surface area contributed by atoms with Crippen molar-refractivity contribution in [1.29, 1.82) is 0 Å². The minimum atomic E-state index is -0.484. The molecule has 1 fully saturated rings. The van der Waals surface area contributed by atoms with Gasteiger partial charge in [0.2, 0.25) is 5.91 Å². The van der Waals surface area contributed by atoms with Gasteiger partial charge in [-0.2, -0.15) is 0 Å². The van der Waals surface area contributed by atoms with E-state index in [4.69, 9.17) is 4.74 Å². The number of likely N-dealkylation sites (tertiary alicyclic amines) is 1. The van der Waals surface area contributed by atoms with Gasteiger partial charge in [-0.25, -0.2) is 4.79 Å². The molecule has 0 saturated carbocycles. The molecule has 0 unspecified atom stereocenters. The first-order valence-electron chi connectivity index (χ1n) is 4.81. The van der Waals surface area contributed by atoms with E-state index in [1.54, 1.807) is 4.90 Å². The molecule has 14 heavy (non-hydrogen) atoms. The summed E-state index contributed by atoms with van der Waals surface area (Å²) in [5.74, 6) is -0.415. The number of amides is 1. The number of nitrogens with zero attached hydrogens (tertiary/aromatic N) is 1. The molecule has 0 N–H and O–H groups in total. The predicted molar refractivity (Wildman–Crippen MR) is 51.3 cm³/mol. The minimum absolute atomic E-state index is 0.0592. The van der Waals surface area contributed by atoms with Gasteiger partial charge in [-0.05, 0) is 12.8 Å². The Bertz CT molecular complexity index is 238. The van der Waals surface area contributed by atoms with Crippen LogP contribution in [0.4, 0.5) is 0 Å². The van der Waals surface area contributed by atoms with Crippen molar-refractivity contribution < 1.29 is 14.3 Å². The number of rotatable bonds is 3. The number of carbonyl (C=O) groups is 2. The zero-order valence-corrected chi connectivity index (χ0v) is 8.20. The fraction of sp³-hybridized carbons (Fsp3) is 0.600. The highest BCUT2D eigenvalue weighted by molar-refractivity contribution is 5.81. The first-order chi connectivity index (χ1) is 6.74. The molecular weight excluding hydrogens is 182 g/mol. The molecule has 4 nitrogen and oxygen atoms in total. The van der Waals surface area contributed by atoms with E-state index >= 15 is 0 Å². The Kier molecular flexibility index (Phi) is 4.16. The van der Waals surface area contributed by atoms with Crippen LogP contribution in [-0.4, -0.2) is 30.1 Å². The lowest BCUT2D eigenvalue weighted by molar-refractivity contribution is -0.148. The van der Waals surface area contributed by atoms with Gasteiger partial charge in [0.25, 0.3) is 0 Å². The van der Waals surface area contributed by atoms with Gasteiger partial charge in [0.1, 0.15) is 0 Å². The van der Waals surface area contributed by atoms with Gasteiger partial charge >= 0.3 is 5.97 Å². The third-order valence-electron chi connectivity index (χ3n) is 2.20. The fourth-order valence-corrected chi connectivity index (χ4v) is 1.38. The van der Waals surface area contributed by atoms with Gasteiger partial charge in [0.15, 0.2) is 6.73 Å². The van der Waals surface area contributed by atoms with Gasteiger partial charge < -0.3 is 9.64 Å². The van der Waals surface area contributed by atoms with E-state index in [1.165, 1.54) is 0 Å². The van der Waals surface area contributed by atoms with Crippen LogP contribution in [0.15, 0.2) is 12.7 Å². The van der Waals surface area contributed by atoms with E-state index < -0.39 is 5.97 Å². The summed E-state index contributed by atoms with van der Waals surface area (Å²) < 4.78 is 4.80. The first kappa shape index (κ1) is 10.8. The lowest BCUT2D eigenvalue weighted by Crippen LogP contribution is -2.33. The second-order valence-electron chi connectivity index (χ2n) is 3.26. The lowest BCUT2D eigenvalue weighted by atomic mass is 10.2. The molecule has 1 aliphatic heterocycles. The van der Waals surface area contributed by atoms with Crippen LogP contribution in [0.25, 0.3) is 0 Å². The largest absolute Gasteiger partial charge is 0.441 e. The van der Waals surface area contributed by atoms with Crippen LogP contribution in [0.1, 0.15) is 25.7 Å². The highest BCUT2D eigenvalue weighted by Crippen LogP contribution is 2.10. The molecule has 78 valence electrons. The Labute approximate surface area is 83.5 Å². The highest BCUT2D eigenvalue weighted by atomic mass is 16.5. The zero-order chi connectivity index (χ0) is 10.4. The molecule has 0 aromatic heterocycles. The lowest BCUT2D eigenvalue weighted by Gasteiger charge is -2.19. The summed E-state index contributed by atoms with van der Waals surface area (Å²) in [5, 5.41) is 0. The van der Waals surface area contributed by atoms with Gasteiger partial charge in [0, 0.05) is 19.0 Å². The molecule has 0 aromatic carbocycles. The average molecular weight is 197 g/mol. The Balaban J connectivity index is 2.37. The second kappa shape index (κ2) is 5.42. The van der Waals surface area contributed by atoms with Crippen molar-refractivity contribution in [1.82, 2.24) is 4.90 Å². The molecule has 1 heterocycles. The third kappa shape index (κ3) is 3.20. The van der Waals surface area contributed by atoms with Crippen molar-refractivity contribution in [2.45, 2.75) is 25.7 Å². The number of hydrogen-bond acceptors (Lipinski definition) is 3. The van der Waals surface area contributed by atoms with Crippen LogP contribution in [0.5, 0.6) is 0 Å². The maximum atomic E-state index is 11.4. The first-order valence-corrected chi connectivity index (χ1v) is 4.81. The molecule has 0 aromatic rings. The summed E-state index contributed by atoms with van der Waals surface area (Å²) >= 11 is 0. The van der Waals surface area contributed by atoms with Crippen molar-refractivity contribution in [3.63, 3.8) is 0 Å². The standard InChI is InChI=1S/C10H15NO3/c1-2-10(13)14-8-11-7-5-3-4-6-9(11)12/h2H,1,3-8H2. The van der Waals surface area contributed by atoms with Gasteiger partial charge in [-0.1, -0.05) is 13.0 Å². The molecule has 1 amide bonds. The van der Waals surface area contributed by atoms with Crippen molar-refractivity contribution in [3.05, 3.63) is 12.7 Å². The summed E-state index contributed by atoms with van der Waals surface area (Å²) in [4.78, 5) is 23.8. The van der Waals surface area contributed by atoms with E-state index in [-0.39, 0.29) is 12.6 Å². The molecule has 0 aliphatic carbocycles. The number of carbonyl (C=O) groups excluding carboxylic acids is 2. The molecule has 0 bridgehead atoms. The molecule has 1 aliphatic rings. The van der Waals surface area contributed by atoms with E-state index in [0.717, 1.165) is 25.3 Å². The van der Waals surface area contributed by atoms with Crippen molar-refractivity contribution in [2.24, 2.45) is 0 Å². The predicted octanol–water partition coefficient (Wildman–Crippen LogP) is 1.08. The quantitative estimate of drug-likeness (QED) is 0.502. The maximum Gasteiger partial charge on any atom is 0.331 e. The zero-order valence-electron chi connectivity index (χ0n) is 8.20. The normalized spacial score (nSPS) is 17.4. The Morgan fingerprint density at radius 2 is 2.29 bits per heavy atom. The molecule has 0 atom stereocenters. The second-order valence-corrected chi connectivity index (χ2v) is 3.26. The van der Waals surface area contributed by atoms with Gasteiger partial charge in [0.05, 0.1) is 0 Å². The Morgan fingerprint density at radius 3 is 3.00 bits per heavy atom. The van der Waals surface area contributed by atoms with Crippen LogP contribution in [0.3, 0.4) is 0 Å². The summed E-state index contributed by atoms with van der Waals surface area (Å²) in [6.07, 6.45) is 4.65. The molecule has 1 saturated heterocycles. The Morgan fingerprint density at radius 1 is 1.50 bits per heavy atom. The number of hydrogen-bond donors (Lipinski definition) is 0. The smallest absolute Gasteiger partial charge is 0.331 e. The van der Waals surface area contributed by atoms with Gasteiger partial charge in [-0.15, -0.1) is 0 Å². The highest BCUT2D eigenvalue weighted by Gasteiger charge is 2.16. The molecule has 0 spiro atoms. The van der Waals surface area contributed by atoms with Crippen LogP contribution >= 0.6 is 0 Å².